The fourth-order valence-electron chi connectivity index (χ4n) is 1.14. The quantitative estimate of drug-likeness (QED) is 0.530. The van der Waals surface area contributed by atoms with Crippen molar-refractivity contribution in [2.45, 2.75) is 38.4 Å². The molecule has 17 heavy (non-hydrogen) atoms. The first-order chi connectivity index (χ1) is 7.91. The van der Waals surface area contributed by atoms with E-state index in [1.54, 1.807) is 28.6 Å². The van der Waals surface area contributed by atoms with E-state index in [0.29, 0.717) is 19.4 Å². The van der Waals surface area contributed by atoms with Crippen molar-refractivity contribution in [1.82, 2.24) is 10.6 Å². The molecule has 0 rings (SSSR count). The van der Waals surface area contributed by atoms with E-state index in [1.165, 1.54) is 0 Å². The van der Waals surface area contributed by atoms with Crippen molar-refractivity contribution in [3.63, 3.8) is 0 Å². The molecule has 104 valence electrons. The molecule has 0 heterocycles. The Kier molecular flexibility index (Phi) is 8.51. The smallest absolute Gasteiger partial charge is 0.221 e. The summed E-state index contributed by atoms with van der Waals surface area (Å²) in [6, 6.07) is 0. The highest BCUT2D eigenvalue weighted by molar-refractivity contribution is 8.77. The molecule has 0 atom stereocenters. The molecule has 0 aromatic rings. The van der Waals surface area contributed by atoms with Crippen LogP contribution >= 0.6 is 21.6 Å². The predicted molar refractivity (Wildman–Crippen MR) is 80.3 cm³/mol. The van der Waals surface area contributed by atoms with E-state index in [1.807, 2.05) is 20.8 Å². The molecule has 0 radical (unpaired) electrons. The van der Waals surface area contributed by atoms with Gasteiger partial charge in [0.2, 0.25) is 11.8 Å². The largest absolute Gasteiger partial charge is 0.359 e. The van der Waals surface area contributed by atoms with Crippen molar-refractivity contribution in [1.29, 1.82) is 0 Å². The van der Waals surface area contributed by atoms with Gasteiger partial charge in [-0.2, -0.15) is 0 Å². The summed E-state index contributed by atoms with van der Waals surface area (Å²) in [5.41, 5.74) is 0. The molecule has 0 aromatic heterocycles. The van der Waals surface area contributed by atoms with E-state index in [9.17, 15) is 9.59 Å². The van der Waals surface area contributed by atoms with Crippen LogP contribution in [0.25, 0.3) is 0 Å². The maximum absolute atomic E-state index is 11.4. The standard InChI is InChI=1S/C11H22N2O2S2.2H2/c1-5-13-10(15)8-11(2,3)17-16-7-6-9(14)12-4;;/h5-8H2,1-4H3,(H,12,14)(H,13,15);2*1H. The third-order valence-electron chi connectivity index (χ3n) is 1.94. The van der Waals surface area contributed by atoms with Gasteiger partial charge >= 0.3 is 0 Å². The highest BCUT2D eigenvalue weighted by Crippen LogP contribution is 2.38. The molecule has 0 fully saturated rings. The van der Waals surface area contributed by atoms with Crippen molar-refractivity contribution in [2.75, 3.05) is 19.3 Å². The van der Waals surface area contributed by atoms with Crippen LogP contribution in [0.3, 0.4) is 0 Å². The normalized spacial score (nSPS) is 11.1. The zero-order valence-electron chi connectivity index (χ0n) is 11.0. The second kappa shape index (κ2) is 8.69. The van der Waals surface area contributed by atoms with Gasteiger partial charge in [0, 0.05) is 39.8 Å². The molecule has 4 nitrogen and oxygen atoms in total. The number of nitrogens with one attached hydrogen (secondary N) is 2. The number of hydrogen-bond acceptors (Lipinski definition) is 4. The van der Waals surface area contributed by atoms with Crippen LogP contribution in [0.4, 0.5) is 0 Å². The molecule has 0 aromatic carbocycles. The van der Waals surface area contributed by atoms with E-state index in [-0.39, 0.29) is 19.4 Å². The average Bonchev–Trinajstić information content (AvgIpc) is 2.23. The van der Waals surface area contributed by atoms with Gasteiger partial charge in [0.1, 0.15) is 0 Å². The van der Waals surface area contributed by atoms with E-state index in [2.05, 4.69) is 10.6 Å². The number of amides is 2. The van der Waals surface area contributed by atoms with Crippen LogP contribution in [0.2, 0.25) is 0 Å². The molecular weight excluding hydrogens is 256 g/mol. The lowest BCUT2D eigenvalue weighted by molar-refractivity contribution is -0.121. The molecule has 0 saturated carbocycles. The van der Waals surface area contributed by atoms with Crippen molar-refractivity contribution in [3.8, 4) is 0 Å². The molecule has 0 saturated heterocycles. The summed E-state index contributed by atoms with van der Waals surface area (Å²) < 4.78 is -0.105. The Bertz CT molecular complexity index is 267. The van der Waals surface area contributed by atoms with Crippen molar-refractivity contribution < 1.29 is 12.4 Å². The molecule has 0 unspecified atom stereocenters. The first-order valence-corrected chi connectivity index (χ1v) is 8.01. The Balaban J connectivity index is -0.00000128. The van der Waals surface area contributed by atoms with E-state index in [0.717, 1.165) is 5.75 Å². The summed E-state index contributed by atoms with van der Waals surface area (Å²) in [5, 5.41) is 5.38. The number of rotatable bonds is 8. The van der Waals surface area contributed by atoms with Gasteiger partial charge in [-0.1, -0.05) is 21.6 Å². The van der Waals surface area contributed by atoms with Gasteiger partial charge in [-0.3, -0.25) is 9.59 Å². The fraction of sp³-hybridized carbons (Fsp3) is 0.818. The molecule has 6 heteroatoms. The molecule has 2 N–H and O–H groups in total. The van der Waals surface area contributed by atoms with Gasteiger partial charge in [-0.15, -0.1) is 0 Å². The van der Waals surface area contributed by atoms with Crippen LogP contribution in [-0.4, -0.2) is 35.9 Å². The van der Waals surface area contributed by atoms with Crippen LogP contribution < -0.4 is 10.6 Å². The zero-order valence-corrected chi connectivity index (χ0v) is 12.6. The molecule has 0 spiro atoms. The van der Waals surface area contributed by atoms with Gasteiger partial charge in [-0.25, -0.2) is 0 Å². The second-order valence-corrected chi connectivity index (χ2v) is 7.34. The monoisotopic (exact) mass is 282 g/mol. The van der Waals surface area contributed by atoms with Crippen LogP contribution in [0, 0.1) is 0 Å². The SMILES string of the molecule is CCNC(=O)CC(C)(C)SSCCC(=O)NC.[HH].[HH]. The molecule has 0 aliphatic heterocycles. The topological polar surface area (TPSA) is 58.2 Å². The van der Waals surface area contributed by atoms with E-state index < -0.39 is 0 Å². The minimum atomic E-state index is -0.105. The summed E-state index contributed by atoms with van der Waals surface area (Å²) in [5.74, 6) is 0.903. The van der Waals surface area contributed by atoms with Crippen molar-refractivity contribution in [2.24, 2.45) is 0 Å². The molecular formula is C11H26N2O2S2. The van der Waals surface area contributed by atoms with Gasteiger partial charge in [0.15, 0.2) is 0 Å². The van der Waals surface area contributed by atoms with E-state index >= 15 is 0 Å². The average molecular weight is 282 g/mol. The second-order valence-electron chi connectivity index (χ2n) is 4.22. The van der Waals surface area contributed by atoms with Crippen molar-refractivity contribution >= 4 is 33.4 Å². The highest BCUT2D eigenvalue weighted by atomic mass is 33.1. The molecule has 2 amide bonds. The lowest BCUT2D eigenvalue weighted by Gasteiger charge is -2.22. The summed E-state index contributed by atoms with van der Waals surface area (Å²) in [6.45, 7) is 6.67. The number of hydrogen-bond donors (Lipinski definition) is 2. The Morgan fingerprint density at radius 1 is 1.29 bits per heavy atom. The maximum atomic E-state index is 11.4. The Hall–Kier alpha value is -0.360. The first-order valence-electron chi connectivity index (χ1n) is 5.69. The van der Waals surface area contributed by atoms with Crippen LogP contribution in [0.1, 0.15) is 36.5 Å². The molecule has 0 bridgehead atoms. The Labute approximate surface area is 114 Å². The third kappa shape index (κ3) is 9.35. The fourth-order valence-corrected chi connectivity index (χ4v) is 3.63. The summed E-state index contributed by atoms with van der Waals surface area (Å²) in [7, 11) is 4.94. The minimum Gasteiger partial charge on any atom is -0.359 e. The molecule has 0 aliphatic rings. The number of carbonyl (C=O) groups excluding carboxylic acids is 2. The molecule has 0 aliphatic carbocycles. The van der Waals surface area contributed by atoms with Crippen molar-refractivity contribution in [3.05, 3.63) is 0 Å². The minimum absolute atomic E-state index is 0. The summed E-state index contributed by atoms with van der Waals surface area (Å²) >= 11 is 0. The van der Waals surface area contributed by atoms with Crippen LogP contribution in [-0.2, 0) is 9.59 Å². The lowest BCUT2D eigenvalue weighted by atomic mass is 10.1. The van der Waals surface area contributed by atoms with Crippen LogP contribution in [0.5, 0.6) is 0 Å². The maximum Gasteiger partial charge on any atom is 0.221 e. The Morgan fingerprint density at radius 2 is 1.94 bits per heavy atom. The first kappa shape index (κ1) is 16.6. The predicted octanol–water partition coefficient (Wildman–Crippen LogP) is 2.30. The van der Waals surface area contributed by atoms with E-state index in [4.69, 9.17) is 0 Å². The van der Waals surface area contributed by atoms with Gasteiger partial charge in [-0.05, 0) is 20.8 Å². The third-order valence-corrected chi connectivity index (χ3v) is 5.23. The van der Waals surface area contributed by atoms with Gasteiger partial charge in [0.05, 0.1) is 0 Å². The summed E-state index contributed by atoms with van der Waals surface area (Å²) in [4.78, 5) is 22.4. The summed E-state index contributed by atoms with van der Waals surface area (Å²) in [6.07, 6.45) is 1.02. The highest BCUT2D eigenvalue weighted by Gasteiger charge is 2.22. The van der Waals surface area contributed by atoms with Gasteiger partial charge in [0.25, 0.3) is 0 Å². The van der Waals surface area contributed by atoms with Crippen LogP contribution in [0.15, 0.2) is 0 Å². The zero-order chi connectivity index (χ0) is 13.3. The number of carbonyl (C=O) groups is 2. The Morgan fingerprint density at radius 3 is 2.47 bits per heavy atom. The lowest BCUT2D eigenvalue weighted by Crippen LogP contribution is -2.29. The van der Waals surface area contributed by atoms with Gasteiger partial charge < -0.3 is 10.6 Å².